The Morgan fingerprint density at radius 3 is 2.86 bits per heavy atom. The van der Waals surface area contributed by atoms with Gasteiger partial charge in [0.2, 0.25) is 0 Å². The lowest BCUT2D eigenvalue weighted by Crippen LogP contribution is -2.11. The molecule has 0 saturated heterocycles. The third kappa shape index (κ3) is 2.53. The zero-order chi connectivity index (χ0) is 9.80. The Labute approximate surface area is 94.1 Å². The molecule has 2 rings (SSSR count). The Morgan fingerprint density at radius 1 is 1.50 bits per heavy atom. The minimum absolute atomic E-state index is 0.540. The van der Waals surface area contributed by atoms with Crippen LogP contribution in [-0.2, 0) is 0 Å². The molecule has 1 atom stereocenters. The Hall–Kier alpha value is 0.01000. The first-order chi connectivity index (χ1) is 6.90. The van der Waals surface area contributed by atoms with Crippen molar-refractivity contribution >= 4 is 23.1 Å². The molecule has 2 N–H and O–H groups in total. The SMILES string of the molecule is NCC(SC1CCCC1)c1cccs1. The second-order valence-corrected chi connectivity index (χ2v) is 6.27. The summed E-state index contributed by atoms with van der Waals surface area (Å²) in [6.45, 7) is 0.779. The summed E-state index contributed by atoms with van der Waals surface area (Å²) in [5, 5.41) is 3.55. The van der Waals surface area contributed by atoms with Gasteiger partial charge in [0.1, 0.15) is 0 Å². The van der Waals surface area contributed by atoms with Crippen molar-refractivity contribution in [1.29, 1.82) is 0 Å². The Balaban J connectivity index is 1.93. The average molecular weight is 227 g/mol. The standard InChI is InChI=1S/C11H17NS2/c12-8-11(10-6-3-7-13-10)14-9-4-1-2-5-9/h3,6-7,9,11H,1-2,4-5,8,12H2. The lowest BCUT2D eigenvalue weighted by molar-refractivity contribution is 0.879. The molecule has 1 nitrogen and oxygen atoms in total. The van der Waals surface area contributed by atoms with E-state index in [4.69, 9.17) is 5.73 Å². The van der Waals surface area contributed by atoms with Crippen LogP contribution < -0.4 is 5.73 Å². The Bertz CT molecular complexity index is 252. The van der Waals surface area contributed by atoms with Gasteiger partial charge in [0.25, 0.3) is 0 Å². The van der Waals surface area contributed by atoms with Gasteiger partial charge in [-0.2, -0.15) is 0 Å². The number of hydrogen-bond acceptors (Lipinski definition) is 3. The number of thiophene rings is 1. The molecular weight excluding hydrogens is 210 g/mol. The summed E-state index contributed by atoms with van der Waals surface area (Å²) in [6.07, 6.45) is 5.62. The van der Waals surface area contributed by atoms with E-state index < -0.39 is 0 Å². The smallest absolute Gasteiger partial charge is 0.0516 e. The van der Waals surface area contributed by atoms with E-state index in [1.165, 1.54) is 30.6 Å². The first kappa shape index (κ1) is 10.5. The van der Waals surface area contributed by atoms with Gasteiger partial charge >= 0.3 is 0 Å². The highest BCUT2D eigenvalue weighted by atomic mass is 32.2. The summed E-state index contributed by atoms with van der Waals surface area (Å²) in [6, 6.07) is 4.34. The van der Waals surface area contributed by atoms with Gasteiger partial charge in [0, 0.05) is 16.7 Å². The van der Waals surface area contributed by atoms with Gasteiger partial charge in [-0.1, -0.05) is 18.9 Å². The zero-order valence-corrected chi connectivity index (χ0v) is 9.95. The molecule has 0 spiro atoms. The first-order valence-corrected chi connectivity index (χ1v) is 7.11. The topological polar surface area (TPSA) is 26.0 Å². The minimum atomic E-state index is 0.540. The van der Waals surface area contributed by atoms with Crippen LogP contribution in [0.5, 0.6) is 0 Å². The van der Waals surface area contributed by atoms with Gasteiger partial charge in [0.15, 0.2) is 0 Å². The zero-order valence-electron chi connectivity index (χ0n) is 8.32. The molecule has 0 amide bonds. The maximum absolute atomic E-state index is 5.83. The van der Waals surface area contributed by atoms with Crippen LogP contribution in [0.15, 0.2) is 17.5 Å². The van der Waals surface area contributed by atoms with Crippen LogP contribution in [0, 0.1) is 0 Å². The molecule has 14 heavy (non-hydrogen) atoms. The molecule has 3 heteroatoms. The van der Waals surface area contributed by atoms with Crippen LogP contribution >= 0.6 is 23.1 Å². The number of rotatable bonds is 4. The molecule has 1 aliphatic carbocycles. The molecule has 0 aromatic carbocycles. The van der Waals surface area contributed by atoms with E-state index in [0.29, 0.717) is 5.25 Å². The summed E-state index contributed by atoms with van der Waals surface area (Å²) in [5.74, 6) is 0. The van der Waals surface area contributed by atoms with E-state index >= 15 is 0 Å². The molecule has 1 aliphatic rings. The number of hydrogen-bond donors (Lipinski definition) is 1. The molecule has 78 valence electrons. The van der Waals surface area contributed by atoms with E-state index in [1.54, 1.807) is 0 Å². The van der Waals surface area contributed by atoms with E-state index in [-0.39, 0.29) is 0 Å². The van der Waals surface area contributed by atoms with E-state index in [2.05, 4.69) is 29.3 Å². The summed E-state index contributed by atoms with van der Waals surface area (Å²) < 4.78 is 0. The lowest BCUT2D eigenvalue weighted by atomic mass is 10.3. The molecule has 1 aromatic rings. The summed E-state index contributed by atoms with van der Waals surface area (Å²) in [4.78, 5) is 1.45. The highest BCUT2D eigenvalue weighted by molar-refractivity contribution is 8.00. The highest BCUT2D eigenvalue weighted by Gasteiger charge is 2.21. The van der Waals surface area contributed by atoms with E-state index in [1.807, 2.05) is 11.3 Å². The third-order valence-corrected chi connectivity index (χ3v) is 5.50. The molecule has 1 unspecified atom stereocenters. The van der Waals surface area contributed by atoms with Gasteiger partial charge in [-0.25, -0.2) is 0 Å². The molecule has 0 bridgehead atoms. The predicted molar refractivity (Wildman–Crippen MR) is 66.0 cm³/mol. The van der Waals surface area contributed by atoms with Gasteiger partial charge in [0.05, 0.1) is 5.25 Å². The molecule has 0 aliphatic heterocycles. The van der Waals surface area contributed by atoms with Crippen LogP contribution in [0.2, 0.25) is 0 Å². The van der Waals surface area contributed by atoms with Gasteiger partial charge in [-0.3, -0.25) is 0 Å². The van der Waals surface area contributed by atoms with Crippen LogP contribution in [0.4, 0.5) is 0 Å². The monoisotopic (exact) mass is 227 g/mol. The highest BCUT2D eigenvalue weighted by Crippen LogP contribution is 2.40. The van der Waals surface area contributed by atoms with Crippen molar-refractivity contribution in [3.8, 4) is 0 Å². The summed E-state index contributed by atoms with van der Waals surface area (Å²) in [7, 11) is 0. The molecule has 1 heterocycles. The second-order valence-electron chi connectivity index (χ2n) is 3.78. The van der Waals surface area contributed by atoms with Crippen molar-refractivity contribution in [2.75, 3.05) is 6.54 Å². The van der Waals surface area contributed by atoms with Gasteiger partial charge < -0.3 is 5.73 Å². The van der Waals surface area contributed by atoms with E-state index in [9.17, 15) is 0 Å². The van der Waals surface area contributed by atoms with Crippen molar-refractivity contribution in [1.82, 2.24) is 0 Å². The van der Waals surface area contributed by atoms with Gasteiger partial charge in [-0.05, 0) is 24.3 Å². The van der Waals surface area contributed by atoms with Crippen molar-refractivity contribution in [2.24, 2.45) is 5.73 Å². The van der Waals surface area contributed by atoms with Crippen LogP contribution in [-0.4, -0.2) is 11.8 Å². The number of nitrogens with two attached hydrogens (primary N) is 1. The quantitative estimate of drug-likeness (QED) is 0.853. The fourth-order valence-corrected chi connectivity index (χ4v) is 4.42. The largest absolute Gasteiger partial charge is 0.329 e. The van der Waals surface area contributed by atoms with Gasteiger partial charge in [-0.15, -0.1) is 23.1 Å². The Kier molecular flexibility index (Phi) is 3.90. The lowest BCUT2D eigenvalue weighted by Gasteiger charge is -2.17. The predicted octanol–water partition coefficient (Wildman–Crippen LogP) is 3.42. The fraction of sp³-hybridized carbons (Fsp3) is 0.636. The van der Waals surface area contributed by atoms with Crippen LogP contribution in [0.25, 0.3) is 0 Å². The Morgan fingerprint density at radius 2 is 2.29 bits per heavy atom. The summed E-state index contributed by atoms with van der Waals surface area (Å²) >= 11 is 3.93. The molecule has 0 radical (unpaired) electrons. The number of thioether (sulfide) groups is 1. The fourth-order valence-electron chi connectivity index (χ4n) is 1.97. The van der Waals surface area contributed by atoms with Crippen molar-refractivity contribution < 1.29 is 0 Å². The molecular formula is C11H17NS2. The van der Waals surface area contributed by atoms with E-state index in [0.717, 1.165) is 11.8 Å². The third-order valence-electron chi connectivity index (χ3n) is 2.73. The van der Waals surface area contributed by atoms with Crippen molar-refractivity contribution in [3.05, 3.63) is 22.4 Å². The van der Waals surface area contributed by atoms with Crippen LogP contribution in [0.3, 0.4) is 0 Å². The average Bonchev–Trinajstić information content (AvgIpc) is 2.86. The first-order valence-electron chi connectivity index (χ1n) is 5.29. The van der Waals surface area contributed by atoms with Crippen molar-refractivity contribution in [3.63, 3.8) is 0 Å². The second kappa shape index (κ2) is 5.19. The maximum Gasteiger partial charge on any atom is 0.0516 e. The van der Waals surface area contributed by atoms with Crippen LogP contribution in [0.1, 0.15) is 35.8 Å². The molecule has 1 aromatic heterocycles. The summed E-state index contributed by atoms with van der Waals surface area (Å²) in [5.41, 5.74) is 5.83. The minimum Gasteiger partial charge on any atom is -0.329 e. The maximum atomic E-state index is 5.83. The molecule has 1 saturated carbocycles. The molecule has 1 fully saturated rings. The normalized spacial score (nSPS) is 20.1. The van der Waals surface area contributed by atoms with Crippen molar-refractivity contribution in [2.45, 2.75) is 36.2 Å².